The third-order valence-corrected chi connectivity index (χ3v) is 4.93. The molecule has 4 aromatic rings. The summed E-state index contributed by atoms with van der Waals surface area (Å²) in [4.78, 5) is 16.9. The highest BCUT2D eigenvalue weighted by atomic mass is 19.1. The number of amides is 1. The van der Waals surface area contributed by atoms with Crippen LogP contribution in [-0.2, 0) is 4.79 Å². The molecule has 0 fully saturated rings. The smallest absolute Gasteiger partial charge is 0.271 e. The Bertz CT molecular complexity index is 1310. The van der Waals surface area contributed by atoms with Crippen molar-refractivity contribution in [1.29, 1.82) is 0 Å². The van der Waals surface area contributed by atoms with E-state index in [2.05, 4.69) is 15.4 Å². The van der Waals surface area contributed by atoms with E-state index in [9.17, 15) is 9.18 Å². The van der Waals surface area contributed by atoms with Gasteiger partial charge in [-0.25, -0.2) is 8.91 Å². The number of ether oxygens (including phenoxy) is 3. The Morgan fingerprint density at radius 1 is 1.22 bits per heavy atom. The third-order valence-electron chi connectivity index (χ3n) is 4.93. The zero-order valence-electron chi connectivity index (χ0n) is 17.1. The molecule has 9 heteroatoms. The summed E-state index contributed by atoms with van der Waals surface area (Å²) in [6.07, 6.45) is 0.810. The molecule has 1 aliphatic rings. The van der Waals surface area contributed by atoms with Gasteiger partial charge in [-0.1, -0.05) is 12.1 Å². The van der Waals surface area contributed by atoms with Crippen LogP contribution in [0.5, 0.6) is 17.2 Å². The fourth-order valence-electron chi connectivity index (χ4n) is 3.42. The molecule has 32 heavy (non-hydrogen) atoms. The fourth-order valence-corrected chi connectivity index (χ4v) is 3.42. The van der Waals surface area contributed by atoms with Crippen LogP contribution >= 0.6 is 0 Å². The van der Waals surface area contributed by atoms with Gasteiger partial charge in [0.2, 0.25) is 12.1 Å². The van der Waals surface area contributed by atoms with Gasteiger partial charge in [0.1, 0.15) is 18.2 Å². The van der Waals surface area contributed by atoms with Gasteiger partial charge in [-0.2, -0.15) is 4.98 Å². The molecule has 1 N–H and O–H groups in total. The molecular formula is C23H19FN4O4. The molecular weight excluding hydrogens is 415 g/mol. The average molecular weight is 434 g/mol. The Balaban J connectivity index is 1.36. The summed E-state index contributed by atoms with van der Waals surface area (Å²) in [5.74, 6) is 0.977. The van der Waals surface area contributed by atoms with Crippen LogP contribution in [0.15, 0.2) is 60.8 Å². The second-order valence-corrected chi connectivity index (χ2v) is 7.08. The topological polar surface area (TPSA) is 87.0 Å². The number of carbonyl (C=O) groups is 1. The van der Waals surface area contributed by atoms with Gasteiger partial charge in [0.05, 0.1) is 6.61 Å². The molecule has 0 spiro atoms. The molecule has 2 aromatic heterocycles. The molecule has 1 atom stereocenters. The Hall–Kier alpha value is -4.14. The van der Waals surface area contributed by atoms with Crippen LogP contribution in [-0.4, -0.2) is 39.8 Å². The predicted octanol–water partition coefficient (Wildman–Crippen LogP) is 3.71. The summed E-state index contributed by atoms with van der Waals surface area (Å²) < 4.78 is 32.6. The fraction of sp³-hybridized carbons (Fsp3) is 0.174. The lowest BCUT2D eigenvalue weighted by Crippen LogP contribution is -2.40. The Morgan fingerprint density at radius 2 is 2.06 bits per heavy atom. The van der Waals surface area contributed by atoms with Gasteiger partial charge in [-0.15, -0.1) is 5.10 Å². The lowest BCUT2D eigenvalue weighted by atomic mass is 10.1. The van der Waals surface area contributed by atoms with E-state index < -0.39 is 12.0 Å². The first kappa shape index (κ1) is 19.8. The number of halogens is 1. The maximum atomic E-state index is 14.4. The monoisotopic (exact) mass is 434 g/mol. The molecule has 0 unspecified atom stereocenters. The lowest BCUT2D eigenvalue weighted by Gasteiger charge is -2.25. The van der Waals surface area contributed by atoms with Crippen LogP contribution in [0, 0.1) is 5.82 Å². The summed E-state index contributed by atoms with van der Waals surface area (Å²) in [5.41, 5.74) is 1.47. The van der Waals surface area contributed by atoms with Crippen LogP contribution in [0.25, 0.3) is 16.8 Å². The van der Waals surface area contributed by atoms with Crippen molar-refractivity contribution in [2.45, 2.75) is 13.0 Å². The highest BCUT2D eigenvalue weighted by Crippen LogP contribution is 2.31. The summed E-state index contributed by atoms with van der Waals surface area (Å²) >= 11 is 0. The van der Waals surface area contributed by atoms with Gasteiger partial charge in [-0.05, 0) is 49.4 Å². The molecule has 0 saturated carbocycles. The molecule has 5 rings (SSSR count). The summed E-state index contributed by atoms with van der Waals surface area (Å²) in [6, 6.07) is 15.2. The predicted molar refractivity (Wildman–Crippen MR) is 115 cm³/mol. The number of aromatic nitrogens is 3. The Labute approximate surface area is 182 Å². The maximum absolute atomic E-state index is 14.4. The van der Waals surface area contributed by atoms with Gasteiger partial charge in [0.15, 0.2) is 17.1 Å². The van der Waals surface area contributed by atoms with E-state index in [1.54, 1.807) is 48.7 Å². The second kappa shape index (κ2) is 8.18. The summed E-state index contributed by atoms with van der Waals surface area (Å²) in [5, 5.41) is 6.94. The number of nitrogens with zero attached hydrogens (tertiary/aromatic N) is 3. The zero-order chi connectivity index (χ0) is 22.1. The van der Waals surface area contributed by atoms with Crippen molar-refractivity contribution < 1.29 is 23.4 Å². The van der Waals surface area contributed by atoms with Crippen LogP contribution in [0.3, 0.4) is 0 Å². The second-order valence-electron chi connectivity index (χ2n) is 7.08. The minimum Gasteiger partial charge on any atom is -0.494 e. The normalized spacial score (nSPS) is 14.9. The SMILES string of the molecule is CCOc1ccc(F)c(-c2ccc3nc(NC(=O)[C@H]4COc5ccccc5O4)nn3c2)c1. The van der Waals surface area contributed by atoms with Gasteiger partial charge < -0.3 is 14.2 Å². The number of anilines is 1. The van der Waals surface area contributed by atoms with E-state index in [1.165, 1.54) is 10.6 Å². The number of rotatable bonds is 5. The summed E-state index contributed by atoms with van der Waals surface area (Å²) in [6.45, 7) is 2.43. The van der Waals surface area contributed by atoms with Crippen LogP contribution in [0.4, 0.5) is 10.3 Å². The number of carbonyl (C=O) groups excluding carboxylic acids is 1. The molecule has 0 radical (unpaired) electrons. The molecule has 0 bridgehead atoms. The standard InChI is InChI=1S/C23H19FN4O4/c1-2-30-15-8-9-17(24)16(11-15)14-7-10-21-25-23(27-28(21)12-14)26-22(29)20-13-31-18-5-3-4-6-19(18)32-20/h3-12,20H,2,13H2,1H3,(H,26,27,29)/t20-/m1/s1. The molecule has 2 aromatic carbocycles. The molecule has 1 amide bonds. The van der Waals surface area contributed by atoms with Crippen molar-refractivity contribution in [2.24, 2.45) is 0 Å². The number of pyridine rings is 1. The molecule has 162 valence electrons. The number of benzene rings is 2. The largest absolute Gasteiger partial charge is 0.494 e. The van der Waals surface area contributed by atoms with Crippen molar-refractivity contribution in [3.63, 3.8) is 0 Å². The van der Waals surface area contributed by atoms with Gasteiger partial charge in [0, 0.05) is 17.3 Å². The Kier molecular flexibility index (Phi) is 5.06. The van der Waals surface area contributed by atoms with Crippen LogP contribution in [0.1, 0.15) is 6.92 Å². The highest BCUT2D eigenvalue weighted by molar-refractivity contribution is 5.93. The van der Waals surface area contributed by atoms with Crippen LogP contribution < -0.4 is 19.5 Å². The van der Waals surface area contributed by atoms with E-state index in [1.807, 2.05) is 13.0 Å². The van der Waals surface area contributed by atoms with E-state index in [0.29, 0.717) is 40.6 Å². The van der Waals surface area contributed by atoms with Crippen molar-refractivity contribution in [1.82, 2.24) is 14.6 Å². The van der Waals surface area contributed by atoms with Crippen LogP contribution in [0.2, 0.25) is 0 Å². The lowest BCUT2D eigenvalue weighted by molar-refractivity contribution is -0.125. The molecule has 3 heterocycles. The van der Waals surface area contributed by atoms with Gasteiger partial charge in [0.25, 0.3) is 5.91 Å². The first-order chi connectivity index (χ1) is 15.6. The molecule has 0 aliphatic carbocycles. The van der Waals surface area contributed by atoms with E-state index in [-0.39, 0.29) is 18.4 Å². The maximum Gasteiger partial charge on any atom is 0.271 e. The Morgan fingerprint density at radius 3 is 2.91 bits per heavy atom. The molecule has 0 saturated heterocycles. The first-order valence-electron chi connectivity index (χ1n) is 10.1. The number of fused-ring (bicyclic) bond motifs is 2. The van der Waals surface area contributed by atoms with E-state index in [4.69, 9.17) is 14.2 Å². The molecule has 8 nitrogen and oxygen atoms in total. The number of hydrogen-bond donors (Lipinski definition) is 1. The minimum absolute atomic E-state index is 0.0792. The van der Waals surface area contributed by atoms with Crippen molar-refractivity contribution in [2.75, 3.05) is 18.5 Å². The van der Waals surface area contributed by atoms with Gasteiger partial charge >= 0.3 is 0 Å². The molecule has 1 aliphatic heterocycles. The number of hydrogen-bond acceptors (Lipinski definition) is 6. The van der Waals surface area contributed by atoms with Crippen molar-refractivity contribution in [3.8, 4) is 28.4 Å². The van der Waals surface area contributed by atoms with E-state index in [0.717, 1.165) is 0 Å². The first-order valence-corrected chi connectivity index (χ1v) is 10.1. The quantitative estimate of drug-likeness (QED) is 0.515. The van der Waals surface area contributed by atoms with Gasteiger partial charge in [-0.3, -0.25) is 10.1 Å². The third kappa shape index (κ3) is 3.80. The average Bonchev–Trinajstić information content (AvgIpc) is 3.21. The number of nitrogens with one attached hydrogen (secondary N) is 1. The summed E-state index contributed by atoms with van der Waals surface area (Å²) in [7, 11) is 0. The van der Waals surface area contributed by atoms with Crippen molar-refractivity contribution >= 4 is 17.5 Å². The minimum atomic E-state index is -0.831. The zero-order valence-corrected chi connectivity index (χ0v) is 17.1. The van der Waals surface area contributed by atoms with E-state index >= 15 is 0 Å². The van der Waals surface area contributed by atoms with Crippen molar-refractivity contribution in [3.05, 3.63) is 66.6 Å². The highest BCUT2D eigenvalue weighted by Gasteiger charge is 2.28. The number of para-hydroxylation sites is 2.